The van der Waals surface area contributed by atoms with Gasteiger partial charge < -0.3 is 9.84 Å². The van der Waals surface area contributed by atoms with Crippen LogP contribution in [0.15, 0.2) is 23.8 Å². The summed E-state index contributed by atoms with van der Waals surface area (Å²) >= 11 is 0. The van der Waals surface area contributed by atoms with E-state index in [0.29, 0.717) is 12.8 Å². The molecular formula is C25H33FO5. The van der Waals surface area contributed by atoms with Crippen LogP contribution in [0.25, 0.3) is 0 Å². The average molecular weight is 433 g/mol. The van der Waals surface area contributed by atoms with Gasteiger partial charge in [0.15, 0.2) is 22.8 Å². The summed E-state index contributed by atoms with van der Waals surface area (Å²) in [5.74, 6) is -2.06. The van der Waals surface area contributed by atoms with Crippen molar-refractivity contribution in [2.75, 3.05) is 0 Å². The molecule has 0 aromatic carbocycles. The molecule has 6 heteroatoms. The lowest BCUT2D eigenvalue weighted by molar-refractivity contribution is -0.229. The molecular weight excluding hydrogens is 399 g/mol. The van der Waals surface area contributed by atoms with Crippen LogP contribution in [-0.2, 0) is 19.1 Å². The first-order valence-corrected chi connectivity index (χ1v) is 11.3. The number of alkyl halides is 1. The number of aliphatic hydroxyl groups is 1. The topological polar surface area (TPSA) is 80.7 Å². The van der Waals surface area contributed by atoms with E-state index in [1.807, 2.05) is 20.8 Å². The highest BCUT2D eigenvalue weighted by Crippen LogP contribution is 2.72. The summed E-state index contributed by atoms with van der Waals surface area (Å²) < 4.78 is 23.0. The minimum Gasteiger partial charge on any atom is -0.450 e. The van der Waals surface area contributed by atoms with Crippen molar-refractivity contribution >= 4 is 17.5 Å². The summed E-state index contributed by atoms with van der Waals surface area (Å²) in [6.45, 7) is 10.3. The smallest absolute Gasteiger partial charge is 0.303 e. The van der Waals surface area contributed by atoms with Gasteiger partial charge in [0.1, 0.15) is 0 Å². The van der Waals surface area contributed by atoms with Gasteiger partial charge in [-0.3, -0.25) is 14.4 Å². The Morgan fingerprint density at radius 2 is 1.81 bits per heavy atom. The van der Waals surface area contributed by atoms with Crippen molar-refractivity contribution in [1.29, 1.82) is 0 Å². The van der Waals surface area contributed by atoms with Gasteiger partial charge in [-0.05, 0) is 57.1 Å². The fourth-order valence-corrected chi connectivity index (χ4v) is 8.19. The third kappa shape index (κ3) is 2.48. The lowest BCUT2D eigenvalue weighted by atomic mass is 9.43. The van der Waals surface area contributed by atoms with E-state index in [-0.39, 0.29) is 35.7 Å². The van der Waals surface area contributed by atoms with Gasteiger partial charge in [-0.15, -0.1) is 0 Å². The zero-order chi connectivity index (χ0) is 23.1. The zero-order valence-corrected chi connectivity index (χ0v) is 19.2. The van der Waals surface area contributed by atoms with Crippen molar-refractivity contribution in [2.24, 2.45) is 34.5 Å². The van der Waals surface area contributed by atoms with Gasteiger partial charge in [-0.1, -0.05) is 32.4 Å². The number of ether oxygens (including phenoxy) is 1. The van der Waals surface area contributed by atoms with E-state index >= 15 is 4.39 Å². The minimum absolute atomic E-state index is 0.0148. The molecule has 170 valence electrons. The van der Waals surface area contributed by atoms with Crippen LogP contribution in [-0.4, -0.2) is 40.0 Å². The van der Waals surface area contributed by atoms with Crippen molar-refractivity contribution in [2.45, 2.75) is 78.2 Å². The molecule has 0 bridgehead atoms. The molecule has 0 aromatic rings. The second-order valence-corrected chi connectivity index (χ2v) is 10.8. The van der Waals surface area contributed by atoms with Crippen molar-refractivity contribution in [3.8, 4) is 0 Å². The predicted molar refractivity (Wildman–Crippen MR) is 113 cm³/mol. The first-order valence-electron chi connectivity index (χ1n) is 11.3. The van der Waals surface area contributed by atoms with Crippen molar-refractivity contribution < 1.29 is 28.6 Å². The largest absolute Gasteiger partial charge is 0.450 e. The molecule has 5 nitrogen and oxygen atoms in total. The highest BCUT2D eigenvalue weighted by atomic mass is 19.1. The zero-order valence-electron chi connectivity index (χ0n) is 19.2. The fraction of sp³-hybridized carbons (Fsp3) is 0.720. The third-order valence-corrected chi connectivity index (χ3v) is 9.34. The van der Waals surface area contributed by atoms with Crippen LogP contribution in [0.4, 0.5) is 4.39 Å². The van der Waals surface area contributed by atoms with Gasteiger partial charge in [0.25, 0.3) is 0 Å². The van der Waals surface area contributed by atoms with E-state index in [2.05, 4.69) is 0 Å². The van der Waals surface area contributed by atoms with Gasteiger partial charge >= 0.3 is 5.97 Å². The maximum absolute atomic E-state index is 17.2. The summed E-state index contributed by atoms with van der Waals surface area (Å²) in [4.78, 5) is 37.1. The molecule has 0 heterocycles. The first kappa shape index (κ1) is 22.4. The fourth-order valence-electron chi connectivity index (χ4n) is 8.19. The molecule has 0 amide bonds. The van der Waals surface area contributed by atoms with Crippen LogP contribution >= 0.6 is 0 Å². The molecule has 3 unspecified atom stereocenters. The second kappa shape index (κ2) is 6.60. The van der Waals surface area contributed by atoms with Crippen LogP contribution in [0.5, 0.6) is 0 Å². The first-order chi connectivity index (χ1) is 14.3. The van der Waals surface area contributed by atoms with Gasteiger partial charge in [-0.25, -0.2) is 4.39 Å². The van der Waals surface area contributed by atoms with Gasteiger partial charge in [0, 0.05) is 29.6 Å². The summed E-state index contributed by atoms with van der Waals surface area (Å²) in [7, 11) is 0. The highest BCUT2D eigenvalue weighted by Gasteiger charge is 2.77. The Kier molecular flexibility index (Phi) is 4.76. The Hall–Kier alpha value is -1.82. The number of rotatable bonds is 2. The SMILES string of the molecule is CC(=O)O[C@]1(C(C)=O)C(C)C[C@H]2[C@@H]3CC(C)C4=CC(=O)C=C[C@]4(C)[C@@]3(F)C(O)C[C@@]21C. The summed E-state index contributed by atoms with van der Waals surface area (Å²) in [6, 6.07) is 0. The molecule has 4 aliphatic rings. The molecule has 4 rings (SSSR count). The number of carbonyl (C=O) groups is 3. The molecule has 3 fully saturated rings. The van der Waals surface area contributed by atoms with Crippen LogP contribution in [0.2, 0.25) is 0 Å². The van der Waals surface area contributed by atoms with E-state index in [9.17, 15) is 19.5 Å². The normalized spacial score (nSPS) is 50.8. The Balaban J connectivity index is 1.89. The van der Waals surface area contributed by atoms with E-state index in [0.717, 1.165) is 5.57 Å². The van der Waals surface area contributed by atoms with E-state index in [1.165, 1.54) is 26.0 Å². The molecule has 4 aliphatic carbocycles. The maximum Gasteiger partial charge on any atom is 0.303 e. The summed E-state index contributed by atoms with van der Waals surface area (Å²) in [5, 5.41) is 11.4. The molecule has 0 aromatic heterocycles. The number of ketones is 2. The van der Waals surface area contributed by atoms with Crippen molar-refractivity contribution in [3.63, 3.8) is 0 Å². The summed E-state index contributed by atoms with van der Waals surface area (Å²) in [6.07, 6.45) is 4.21. The third-order valence-electron chi connectivity index (χ3n) is 9.34. The predicted octanol–water partition coefficient (Wildman–Crippen LogP) is 3.74. The summed E-state index contributed by atoms with van der Waals surface area (Å²) in [5.41, 5.74) is -4.61. The second-order valence-electron chi connectivity index (χ2n) is 10.8. The number of carbonyl (C=O) groups excluding carboxylic acids is 3. The number of hydrogen-bond acceptors (Lipinski definition) is 5. The molecule has 0 saturated heterocycles. The van der Waals surface area contributed by atoms with Gasteiger partial charge in [-0.2, -0.15) is 0 Å². The Morgan fingerprint density at radius 1 is 1.16 bits per heavy atom. The number of allylic oxidation sites excluding steroid dienone is 4. The molecule has 0 radical (unpaired) electrons. The number of aliphatic hydroxyl groups excluding tert-OH is 1. The molecule has 3 saturated carbocycles. The van der Waals surface area contributed by atoms with Crippen LogP contribution in [0.3, 0.4) is 0 Å². The molecule has 0 spiro atoms. The van der Waals surface area contributed by atoms with Gasteiger partial charge in [0.05, 0.1) is 6.10 Å². The maximum atomic E-state index is 17.2. The molecule has 31 heavy (non-hydrogen) atoms. The number of halogens is 1. The number of esters is 1. The lowest BCUT2D eigenvalue weighted by Crippen LogP contribution is -2.70. The minimum atomic E-state index is -1.98. The van der Waals surface area contributed by atoms with E-state index < -0.39 is 40.1 Å². The highest BCUT2D eigenvalue weighted by molar-refractivity contribution is 6.01. The van der Waals surface area contributed by atoms with Crippen LogP contribution < -0.4 is 0 Å². The number of hydrogen-bond donors (Lipinski definition) is 1. The van der Waals surface area contributed by atoms with Crippen molar-refractivity contribution in [1.82, 2.24) is 0 Å². The average Bonchev–Trinajstić information content (AvgIpc) is 2.87. The quantitative estimate of drug-likeness (QED) is 0.673. The monoisotopic (exact) mass is 432 g/mol. The van der Waals surface area contributed by atoms with Crippen LogP contribution in [0, 0.1) is 34.5 Å². The molecule has 9 atom stereocenters. The van der Waals surface area contributed by atoms with Crippen LogP contribution in [0.1, 0.15) is 60.8 Å². The Labute approximate surface area is 183 Å². The Morgan fingerprint density at radius 3 is 2.39 bits per heavy atom. The number of Topliss-reactive ketones (excluding diaryl/α,β-unsaturated/α-hetero) is 1. The molecule has 0 aliphatic heterocycles. The van der Waals surface area contributed by atoms with Gasteiger partial charge in [0.2, 0.25) is 0 Å². The Bertz CT molecular complexity index is 923. The van der Waals surface area contributed by atoms with E-state index in [4.69, 9.17) is 4.74 Å². The van der Waals surface area contributed by atoms with E-state index in [1.54, 1.807) is 13.0 Å². The lowest BCUT2D eigenvalue weighted by Gasteiger charge is -2.63. The molecule has 1 N–H and O–H groups in total. The van der Waals surface area contributed by atoms with Crippen molar-refractivity contribution in [3.05, 3.63) is 23.8 Å². The number of fused-ring (bicyclic) bond motifs is 5. The standard InChI is InChI=1S/C25H33FO5/c1-13-9-20-19-10-14(2)25(15(3)27,31-16(4)28)23(19,6)12-21(30)24(20,26)22(5)8-7-17(29)11-18(13)22/h7-8,11,13-14,19-21,30H,9-10,12H2,1-6H3/t13?,14?,19-,20-,21?,22-,23-,24-,25-/m0/s1.